The third-order valence-electron chi connectivity index (χ3n) is 5.01. The summed E-state index contributed by atoms with van der Waals surface area (Å²) in [5.41, 5.74) is 2.21. The van der Waals surface area contributed by atoms with Crippen molar-refractivity contribution in [3.05, 3.63) is 55.9 Å². The SMILES string of the molecule is Cc1cc(C)c(OCC(=O)c2c(C)c(C#N)c(=O)n(CCCOC(C)C)c2O)c(C)c1. The topological polar surface area (TPSA) is 102 Å². The minimum Gasteiger partial charge on any atom is -0.494 e. The Bertz CT molecular complexity index is 1050. The Hall–Kier alpha value is -3.11. The van der Waals surface area contributed by atoms with E-state index in [1.54, 1.807) is 0 Å². The molecule has 0 amide bonds. The zero-order chi connectivity index (χ0) is 23.3. The van der Waals surface area contributed by atoms with Crippen LogP contribution in [0.15, 0.2) is 16.9 Å². The van der Waals surface area contributed by atoms with Crippen molar-refractivity contribution >= 4 is 5.78 Å². The van der Waals surface area contributed by atoms with Crippen LogP contribution in [0, 0.1) is 39.0 Å². The zero-order valence-electron chi connectivity index (χ0n) is 19.0. The number of pyridine rings is 1. The van der Waals surface area contributed by atoms with Gasteiger partial charge in [-0.3, -0.25) is 14.2 Å². The van der Waals surface area contributed by atoms with Gasteiger partial charge in [0.1, 0.15) is 17.4 Å². The number of nitriles is 1. The third-order valence-corrected chi connectivity index (χ3v) is 5.01. The summed E-state index contributed by atoms with van der Waals surface area (Å²) in [5, 5.41) is 20.2. The summed E-state index contributed by atoms with van der Waals surface area (Å²) in [6.07, 6.45) is 0.492. The van der Waals surface area contributed by atoms with Gasteiger partial charge >= 0.3 is 0 Å². The fourth-order valence-electron chi connectivity index (χ4n) is 3.64. The highest BCUT2D eigenvalue weighted by molar-refractivity contribution is 6.01. The lowest BCUT2D eigenvalue weighted by Gasteiger charge is -2.17. The highest BCUT2D eigenvalue weighted by Crippen LogP contribution is 2.26. The van der Waals surface area contributed by atoms with Crippen LogP contribution in [0.3, 0.4) is 0 Å². The van der Waals surface area contributed by atoms with Gasteiger partial charge in [-0.05, 0) is 64.7 Å². The van der Waals surface area contributed by atoms with Gasteiger partial charge in [-0.1, -0.05) is 17.7 Å². The molecule has 31 heavy (non-hydrogen) atoms. The molecule has 0 radical (unpaired) electrons. The lowest BCUT2D eigenvalue weighted by atomic mass is 10.0. The molecule has 0 saturated carbocycles. The number of ketones is 1. The maximum Gasteiger partial charge on any atom is 0.271 e. The van der Waals surface area contributed by atoms with Gasteiger partial charge in [-0.25, -0.2) is 0 Å². The van der Waals surface area contributed by atoms with E-state index in [0.29, 0.717) is 18.8 Å². The van der Waals surface area contributed by atoms with Crippen molar-refractivity contribution in [2.45, 2.75) is 60.6 Å². The minimum atomic E-state index is -0.621. The smallest absolute Gasteiger partial charge is 0.271 e. The van der Waals surface area contributed by atoms with E-state index in [-0.39, 0.29) is 35.9 Å². The number of Topliss-reactive ketones (excluding diaryl/α,β-unsaturated/α-hetero) is 1. The predicted molar refractivity (Wildman–Crippen MR) is 118 cm³/mol. The maximum absolute atomic E-state index is 13.0. The number of ether oxygens (including phenoxy) is 2. The van der Waals surface area contributed by atoms with Crippen LogP contribution < -0.4 is 10.3 Å². The Morgan fingerprint density at radius 3 is 2.35 bits per heavy atom. The maximum atomic E-state index is 13.0. The number of carbonyl (C=O) groups excluding carboxylic acids is 1. The molecule has 0 saturated heterocycles. The van der Waals surface area contributed by atoms with E-state index in [0.717, 1.165) is 21.3 Å². The van der Waals surface area contributed by atoms with Gasteiger partial charge in [0.15, 0.2) is 6.61 Å². The third kappa shape index (κ3) is 5.53. The molecule has 0 fully saturated rings. The van der Waals surface area contributed by atoms with Crippen molar-refractivity contribution in [2.75, 3.05) is 13.2 Å². The summed E-state index contributed by atoms with van der Waals surface area (Å²) >= 11 is 0. The second kappa shape index (κ2) is 10.3. The molecule has 1 aromatic carbocycles. The first-order chi connectivity index (χ1) is 14.6. The lowest BCUT2D eigenvalue weighted by molar-refractivity contribution is 0.0743. The Balaban J connectivity index is 2.34. The first-order valence-corrected chi connectivity index (χ1v) is 10.3. The predicted octanol–water partition coefficient (Wildman–Crippen LogP) is 3.74. The van der Waals surface area contributed by atoms with E-state index in [1.165, 1.54) is 6.92 Å². The fourth-order valence-corrected chi connectivity index (χ4v) is 3.64. The Morgan fingerprint density at radius 1 is 1.19 bits per heavy atom. The van der Waals surface area contributed by atoms with Crippen molar-refractivity contribution in [2.24, 2.45) is 0 Å². The molecule has 1 aromatic heterocycles. The average Bonchev–Trinajstić information content (AvgIpc) is 2.66. The number of carbonyl (C=O) groups is 1. The van der Waals surface area contributed by atoms with Crippen LogP contribution in [0.4, 0.5) is 0 Å². The Morgan fingerprint density at radius 2 is 1.81 bits per heavy atom. The number of aromatic nitrogens is 1. The molecular formula is C24H30N2O5. The molecule has 1 heterocycles. The van der Waals surface area contributed by atoms with E-state index < -0.39 is 17.2 Å². The molecule has 2 aromatic rings. The molecule has 0 spiro atoms. The molecule has 0 unspecified atom stereocenters. The van der Waals surface area contributed by atoms with E-state index in [2.05, 4.69) is 0 Å². The number of aryl methyl sites for hydroxylation is 3. The molecule has 0 aliphatic carbocycles. The molecule has 0 bridgehead atoms. The molecule has 1 N–H and O–H groups in total. The first-order valence-electron chi connectivity index (χ1n) is 10.3. The number of hydrogen-bond donors (Lipinski definition) is 1. The molecule has 0 aliphatic heterocycles. The van der Waals surface area contributed by atoms with Gasteiger partial charge in [-0.15, -0.1) is 0 Å². The summed E-state index contributed by atoms with van der Waals surface area (Å²) in [4.78, 5) is 25.6. The van der Waals surface area contributed by atoms with E-state index in [4.69, 9.17) is 9.47 Å². The normalized spacial score (nSPS) is 10.9. The Labute approximate surface area is 182 Å². The Kier molecular flexibility index (Phi) is 8.01. The van der Waals surface area contributed by atoms with Crippen molar-refractivity contribution in [1.82, 2.24) is 4.57 Å². The summed E-state index contributed by atoms with van der Waals surface area (Å²) < 4.78 is 12.3. The molecule has 166 valence electrons. The summed E-state index contributed by atoms with van der Waals surface area (Å²) in [6, 6.07) is 5.79. The number of rotatable bonds is 9. The first kappa shape index (κ1) is 24.2. The van der Waals surface area contributed by atoms with Gasteiger partial charge in [0.05, 0.1) is 11.7 Å². The largest absolute Gasteiger partial charge is 0.494 e. The molecule has 7 nitrogen and oxygen atoms in total. The van der Waals surface area contributed by atoms with E-state index >= 15 is 0 Å². The average molecular weight is 427 g/mol. The molecule has 0 atom stereocenters. The van der Waals surface area contributed by atoms with Crippen LogP contribution >= 0.6 is 0 Å². The van der Waals surface area contributed by atoms with Crippen LogP contribution in [0.1, 0.15) is 58.4 Å². The van der Waals surface area contributed by atoms with Crippen molar-refractivity contribution < 1.29 is 19.4 Å². The minimum absolute atomic E-state index is 0.0426. The van der Waals surface area contributed by atoms with Crippen LogP contribution in [-0.4, -0.2) is 34.8 Å². The number of aromatic hydroxyl groups is 1. The molecule has 2 rings (SSSR count). The van der Waals surface area contributed by atoms with E-state index in [9.17, 15) is 20.0 Å². The summed E-state index contributed by atoms with van der Waals surface area (Å²) in [7, 11) is 0. The molecule has 7 heteroatoms. The number of hydrogen-bond acceptors (Lipinski definition) is 6. The fraction of sp³-hybridized carbons (Fsp3) is 0.458. The number of nitrogens with zero attached hydrogens (tertiary/aromatic N) is 2. The number of benzene rings is 1. The lowest BCUT2D eigenvalue weighted by Crippen LogP contribution is -2.28. The summed E-state index contributed by atoms with van der Waals surface area (Å²) in [5.74, 6) is -0.342. The highest BCUT2D eigenvalue weighted by Gasteiger charge is 2.24. The van der Waals surface area contributed by atoms with Gasteiger partial charge in [0, 0.05) is 13.2 Å². The van der Waals surface area contributed by atoms with Crippen molar-refractivity contribution in [1.29, 1.82) is 5.26 Å². The zero-order valence-corrected chi connectivity index (χ0v) is 19.0. The quantitative estimate of drug-likeness (QED) is 0.484. The second-order valence-corrected chi connectivity index (χ2v) is 7.98. The summed E-state index contributed by atoms with van der Waals surface area (Å²) in [6.45, 7) is 11.3. The van der Waals surface area contributed by atoms with Crippen LogP contribution in [0.2, 0.25) is 0 Å². The van der Waals surface area contributed by atoms with Crippen LogP contribution in [-0.2, 0) is 11.3 Å². The standard InChI is InChI=1S/C24H30N2O5/c1-14(2)30-9-7-8-26-23(28)19(12-25)18(6)21(24(26)29)20(27)13-31-22-16(4)10-15(3)11-17(22)5/h10-11,14,29H,7-9,13H2,1-6H3. The van der Waals surface area contributed by atoms with Crippen molar-refractivity contribution in [3.63, 3.8) is 0 Å². The van der Waals surface area contributed by atoms with Crippen LogP contribution in [0.5, 0.6) is 11.6 Å². The molecular weight excluding hydrogens is 396 g/mol. The van der Waals surface area contributed by atoms with Crippen LogP contribution in [0.25, 0.3) is 0 Å². The second-order valence-electron chi connectivity index (χ2n) is 7.98. The highest BCUT2D eigenvalue weighted by atomic mass is 16.5. The monoisotopic (exact) mass is 426 g/mol. The van der Waals surface area contributed by atoms with Gasteiger partial charge in [-0.2, -0.15) is 5.26 Å². The van der Waals surface area contributed by atoms with Crippen molar-refractivity contribution in [3.8, 4) is 17.7 Å². The van der Waals surface area contributed by atoms with Gasteiger partial charge in [0.25, 0.3) is 5.56 Å². The van der Waals surface area contributed by atoms with Gasteiger partial charge < -0.3 is 14.6 Å². The van der Waals surface area contributed by atoms with E-state index in [1.807, 2.05) is 52.8 Å². The van der Waals surface area contributed by atoms with Gasteiger partial charge in [0.2, 0.25) is 11.7 Å². The molecule has 0 aliphatic rings.